The predicted octanol–water partition coefficient (Wildman–Crippen LogP) is 11.2. The van der Waals surface area contributed by atoms with Crippen molar-refractivity contribution in [2.75, 3.05) is 86.8 Å². The molecule has 24 nitrogen and oxygen atoms in total. The molecule has 0 bridgehead atoms. The van der Waals surface area contributed by atoms with Crippen LogP contribution in [0.4, 0.5) is 39.8 Å². The largest absolute Gasteiger partial charge is 0.369 e. The van der Waals surface area contributed by atoms with Gasteiger partial charge >= 0.3 is 0 Å². The number of aromatic nitrogens is 5. The SMILES string of the molecule is CC(=O)N(C)C1CCN(C(=O)c2ccc(Nc3ccc(-c4ccc5c(c4)CNC5=O)n4ccnc34)cc2)C1.CC(C)N1CCN(c2ccc(N=c3ccc(=c4ccc5c(c4)NC=CN=5)n4c3=NCC4)cc2)CC1.CCC(=O)C1CCN(C(=O)c2ccc(Nc3ccc(-c4ccc5c(c4)CNC5=O)n4ccnc34)cc2)CC1. The van der Waals surface area contributed by atoms with Crippen LogP contribution in [-0.4, -0.2) is 156 Å². The fraction of sp³-hybridized carbons (Fsp3) is 0.276. The van der Waals surface area contributed by atoms with Crippen LogP contribution in [0, 0.1) is 16.5 Å². The molecule has 0 aliphatic carbocycles. The van der Waals surface area contributed by atoms with Crippen LogP contribution in [0.15, 0.2) is 216 Å². The molecule has 1 unspecified atom stereocenters. The van der Waals surface area contributed by atoms with Gasteiger partial charge in [0.05, 0.1) is 52.1 Å². The number of Topliss-reactive ketones (excluding diaryl/α,β-unsaturated/α-hetero) is 1. The lowest BCUT2D eigenvalue weighted by Gasteiger charge is -2.38. The lowest BCUT2D eigenvalue weighted by atomic mass is 9.91. The van der Waals surface area contributed by atoms with Gasteiger partial charge in [0.1, 0.15) is 11.1 Å². The van der Waals surface area contributed by atoms with Crippen LogP contribution in [0.3, 0.4) is 0 Å². The first-order chi connectivity index (χ1) is 54.1. The summed E-state index contributed by atoms with van der Waals surface area (Å²) >= 11 is 0. The number of piperazine rings is 1. The number of piperidine rings is 1. The van der Waals surface area contributed by atoms with Gasteiger partial charge in [-0.1, -0.05) is 25.1 Å². The minimum atomic E-state index is -0.0307. The molecule has 3 fully saturated rings. The summed E-state index contributed by atoms with van der Waals surface area (Å²) in [5.74, 6) is 0.322. The number of amides is 5. The monoisotopic (exact) mass is 1480 g/mol. The Bertz CT molecular complexity index is 5810. The number of hydrogen-bond acceptors (Lipinski definition) is 16. The molecule has 24 heteroatoms. The summed E-state index contributed by atoms with van der Waals surface area (Å²) in [7, 11) is 1.79. The van der Waals surface area contributed by atoms with Crippen molar-refractivity contribution < 1.29 is 28.8 Å². The Balaban J connectivity index is 0.000000126. The smallest absolute Gasteiger partial charge is 0.253 e. The predicted molar refractivity (Wildman–Crippen MR) is 429 cm³/mol. The molecule has 12 heterocycles. The molecule has 7 aliphatic heterocycles. The molecule has 0 radical (unpaired) electrons. The van der Waals surface area contributed by atoms with E-state index in [0.29, 0.717) is 68.6 Å². The normalized spacial score (nSPS) is 16.8. The number of carbonyl (C=O) groups is 6. The molecular formula is C87H88N18O6. The molecule has 3 saturated heterocycles. The topological polar surface area (TPSA) is 255 Å². The number of rotatable bonds is 14. The maximum absolute atomic E-state index is 13.0. The van der Waals surface area contributed by atoms with Crippen LogP contribution in [0.5, 0.6) is 0 Å². The van der Waals surface area contributed by atoms with Crippen molar-refractivity contribution >= 4 is 86.4 Å². The summed E-state index contributed by atoms with van der Waals surface area (Å²) in [4.78, 5) is 107. The number of fused-ring (bicyclic) bond motifs is 6. The molecule has 5 N–H and O–H groups in total. The van der Waals surface area contributed by atoms with Gasteiger partial charge in [-0.2, -0.15) is 0 Å². The fourth-order valence-electron chi connectivity index (χ4n) is 15.8. The number of nitrogens with zero attached hydrogens (tertiary/aromatic N) is 13. The first kappa shape index (κ1) is 72.4. The Morgan fingerprint density at radius 3 is 1.78 bits per heavy atom. The number of imidazole rings is 2. The zero-order valence-corrected chi connectivity index (χ0v) is 62.9. The van der Waals surface area contributed by atoms with E-state index >= 15 is 0 Å². The van der Waals surface area contributed by atoms with E-state index in [-0.39, 0.29) is 41.5 Å². The Hall–Kier alpha value is -12.8. The van der Waals surface area contributed by atoms with E-state index in [4.69, 9.17) is 9.98 Å². The summed E-state index contributed by atoms with van der Waals surface area (Å²) in [5, 5.41) is 20.0. The maximum Gasteiger partial charge on any atom is 0.253 e. The molecule has 0 spiro atoms. The van der Waals surface area contributed by atoms with Crippen LogP contribution >= 0.6 is 0 Å². The Morgan fingerprint density at radius 2 is 1.21 bits per heavy atom. The highest BCUT2D eigenvalue weighted by atomic mass is 16.2. The van der Waals surface area contributed by atoms with Gasteiger partial charge in [-0.3, -0.25) is 52.5 Å². The van der Waals surface area contributed by atoms with Crippen molar-refractivity contribution in [3.8, 4) is 22.5 Å². The minimum Gasteiger partial charge on any atom is -0.369 e. The molecule has 11 aromatic rings. The van der Waals surface area contributed by atoms with Crippen LogP contribution in [0.25, 0.3) is 33.8 Å². The first-order valence-electron chi connectivity index (χ1n) is 38.2. The van der Waals surface area contributed by atoms with Gasteiger partial charge in [0.25, 0.3) is 23.6 Å². The molecule has 562 valence electrons. The van der Waals surface area contributed by atoms with Crippen molar-refractivity contribution in [1.82, 2.24) is 53.6 Å². The molecule has 18 rings (SSSR count). The summed E-state index contributed by atoms with van der Waals surface area (Å²) in [6, 6.07) is 54.6. The van der Waals surface area contributed by atoms with E-state index < -0.39 is 0 Å². The zero-order chi connectivity index (χ0) is 76.4. The molecule has 1 atom stereocenters. The molecule has 6 aromatic carbocycles. The number of anilines is 6. The second-order valence-electron chi connectivity index (χ2n) is 29.3. The van der Waals surface area contributed by atoms with E-state index in [2.05, 4.69) is 130 Å². The number of carbonyl (C=O) groups excluding carboxylic acids is 6. The minimum absolute atomic E-state index is 0.00481. The van der Waals surface area contributed by atoms with E-state index in [0.717, 1.165) is 175 Å². The first-order valence-corrected chi connectivity index (χ1v) is 38.2. The number of benzene rings is 6. The summed E-state index contributed by atoms with van der Waals surface area (Å²) in [6.07, 6.45) is 13.8. The molecule has 7 aliphatic rings. The van der Waals surface area contributed by atoms with Gasteiger partial charge in [0, 0.05) is 191 Å². The highest BCUT2D eigenvalue weighted by Crippen LogP contribution is 2.34. The third-order valence-electron chi connectivity index (χ3n) is 22.3. The number of ketones is 1. The van der Waals surface area contributed by atoms with Crippen LogP contribution < -0.4 is 47.7 Å². The average molecular weight is 1480 g/mol. The average Bonchev–Trinajstić information content (AvgIpc) is 1.70. The van der Waals surface area contributed by atoms with Crippen LogP contribution in [0.2, 0.25) is 0 Å². The van der Waals surface area contributed by atoms with Crippen molar-refractivity contribution in [2.24, 2.45) is 20.9 Å². The van der Waals surface area contributed by atoms with Crippen LogP contribution in [0.1, 0.15) is 106 Å². The van der Waals surface area contributed by atoms with Gasteiger partial charge in [0.2, 0.25) is 5.91 Å². The van der Waals surface area contributed by atoms with Crippen molar-refractivity contribution in [3.05, 3.63) is 261 Å². The lowest BCUT2D eigenvalue weighted by molar-refractivity contribution is -0.129. The lowest BCUT2D eigenvalue weighted by Crippen LogP contribution is -2.48. The number of nitrogens with one attached hydrogen (secondary N) is 5. The Labute approximate surface area is 641 Å². The van der Waals surface area contributed by atoms with Crippen LogP contribution in [-0.2, 0) is 29.2 Å². The third kappa shape index (κ3) is 15.1. The highest BCUT2D eigenvalue weighted by molar-refractivity contribution is 6.00. The number of pyridine rings is 3. The number of likely N-dealkylation sites (tertiary alicyclic amines) is 2. The summed E-state index contributed by atoms with van der Waals surface area (Å²) in [5.41, 5.74) is 17.8. The van der Waals surface area contributed by atoms with Crippen molar-refractivity contribution in [3.63, 3.8) is 0 Å². The van der Waals surface area contributed by atoms with E-state index in [9.17, 15) is 28.8 Å². The van der Waals surface area contributed by atoms with Gasteiger partial charge in [-0.25, -0.2) is 15.0 Å². The van der Waals surface area contributed by atoms with E-state index in [1.165, 1.54) is 5.69 Å². The standard InChI is InChI=1S/C30H29N5O3.C29H28N6O3.C28H31N7/c1-2-27(36)19-11-14-34(15-12-19)30(38)20-3-6-23(7-4-20)33-25-9-10-26(35-16-13-31-28(25)35)21-5-8-24-22(17-21)18-32-29(24)37;1-18(36)33(2)23-11-13-34(17-23)29(38)19-3-6-22(7-4-19)32-25-9-10-26(35-14-12-30-27(25)35)20-5-8-24-21(15-20)16-31-28(24)37;1-20(2)33-15-17-34(18-16-33)23-6-4-22(5-7-23)32-25-9-10-27(35-14-13-31-28(25)35)21-3-8-24-26(19-21)30-12-11-29-24/h3-10,13,16-17,19,33H,2,11-12,14-15,18H2,1H3,(H,32,37);3-10,12,14-15,23,32H,11,13,16-17H2,1-2H3,(H,31,37);3-12,19-20,30H,13-18H2,1-2H3. The van der Waals surface area contributed by atoms with Crippen molar-refractivity contribution in [1.29, 1.82) is 0 Å². The highest BCUT2D eigenvalue weighted by Gasteiger charge is 2.32. The van der Waals surface area contributed by atoms with E-state index in [1.54, 1.807) is 37.5 Å². The zero-order valence-electron chi connectivity index (χ0n) is 62.9. The summed E-state index contributed by atoms with van der Waals surface area (Å²) in [6.45, 7) is 17.5. The third-order valence-corrected chi connectivity index (χ3v) is 22.3. The fourth-order valence-corrected chi connectivity index (χ4v) is 15.8. The Kier molecular flexibility index (Phi) is 20.5. The molecule has 5 aromatic heterocycles. The van der Waals surface area contributed by atoms with Gasteiger partial charge in [-0.15, -0.1) is 0 Å². The summed E-state index contributed by atoms with van der Waals surface area (Å²) < 4.78 is 6.33. The van der Waals surface area contributed by atoms with Gasteiger partial charge in [-0.05, 0) is 201 Å². The number of hydrogen-bond donors (Lipinski definition) is 5. The Morgan fingerprint density at radius 1 is 0.622 bits per heavy atom. The van der Waals surface area contributed by atoms with Gasteiger partial charge in [0.15, 0.2) is 16.8 Å². The maximum atomic E-state index is 13.0. The molecular weight excluding hydrogens is 1390 g/mol. The molecule has 111 heavy (non-hydrogen) atoms. The second-order valence-corrected chi connectivity index (χ2v) is 29.3. The molecule has 5 amide bonds. The number of likely N-dealkylation sites (N-methyl/N-ethyl adjacent to an activating group) is 1. The van der Waals surface area contributed by atoms with E-state index in [1.807, 2.05) is 147 Å². The van der Waals surface area contributed by atoms with Gasteiger partial charge < -0.3 is 50.8 Å². The second kappa shape index (κ2) is 31.4. The van der Waals surface area contributed by atoms with Crippen molar-refractivity contribution in [2.45, 2.75) is 85.1 Å². The quantitative estimate of drug-likeness (QED) is 0.0680. The molecule has 0 saturated carbocycles.